The Morgan fingerprint density at radius 3 is 2.56 bits per heavy atom. The maximum atomic E-state index is 12.7. The Kier molecular flexibility index (Phi) is 5.24. The average molecular weight is 351 g/mol. The summed E-state index contributed by atoms with van der Waals surface area (Å²) in [6.45, 7) is 2.07. The number of benzene rings is 2. The van der Waals surface area contributed by atoms with Gasteiger partial charge in [0.15, 0.2) is 5.16 Å². The summed E-state index contributed by atoms with van der Waals surface area (Å²) in [5, 5.41) is 0.469. The van der Waals surface area contributed by atoms with Gasteiger partial charge >= 0.3 is 0 Å². The van der Waals surface area contributed by atoms with Crippen LogP contribution < -0.4 is 0 Å². The second-order valence-electron chi connectivity index (χ2n) is 6.06. The summed E-state index contributed by atoms with van der Waals surface area (Å²) in [7, 11) is 3.57. The van der Waals surface area contributed by atoms with Crippen molar-refractivity contribution in [1.82, 2.24) is 14.5 Å². The highest BCUT2D eigenvalue weighted by atomic mass is 32.2. The number of hydrogen-bond donors (Lipinski definition) is 0. The van der Waals surface area contributed by atoms with Crippen LogP contribution in [-0.4, -0.2) is 34.5 Å². The number of likely N-dealkylation sites (N-methyl/N-ethyl adjacent to an activating group) is 1. The van der Waals surface area contributed by atoms with Crippen LogP contribution in [0.2, 0.25) is 0 Å². The van der Waals surface area contributed by atoms with Gasteiger partial charge in [0.25, 0.3) is 0 Å². The molecule has 128 valence electrons. The predicted octanol–water partition coefficient (Wildman–Crippen LogP) is 4.10. The van der Waals surface area contributed by atoms with E-state index in [1.54, 1.807) is 25.2 Å². The van der Waals surface area contributed by atoms with Gasteiger partial charge in [0.05, 0.1) is 0 Å². The van der Waals surface area contributed by atoms with Crippen LogP contribution in [0.25, 0.3) is 5.69 Å². The molecule has 0 aliphatic carbocycles. The average Bonchev–Trinajstić information content (AvgIpc) is 3.08. The SMILES string of the molecule is Cc1cccc(-n2ccnc2S[C@H](C(=O)N(C)C)c2ccccc2)c1. The van der Waals surface area contributed by atoms with Gasteiger partial charge in [-0.05, 0) is 30.2 Å². The summed E-state index contributed by atoms with van der Waals surface area (Å²) in [5.41, 5.74) is 3.21. The highest BCUT2D eigenvalue weighted by molar-refractivity contribution is 8.00. The van der Waals surface area contributed by atoms with Gasteiger partial charge < -0.3 is 4.90 Å². The van der Waals surface area contributed by atoms with E-state index in [1.807, 2.05) is 53.2 Å². The molecule has 2 aromatic carbocycles. The lowest BCUT2D eigenvalue weighted by Crippen LogP contribution is -2.26. The number of nitrogens with zero attached hydrogens (tertiary/aromatic N) is 3. The summed E-state index contributed by atoms with van der Waals surface area (Å²) in [6, 6.07) is 18.1. The molecule has 1 heterocycles. The third-order valence-electron chi connectivity index (χ3n) is 3.88. The number of hydrogen-bond acceptors (Lipinski definition) is 3. The third kappa shape index (κ3) is 3.94. The Hall–Kier alpha value is -2.53. The first kappa shape index (κ1) is 17.3. The van der Waals surface area contributed by atoms with Crippen LogP contribution in [0.4, 0.5) is 0 Å². The van der Waals surface area contributed by atoms with Gasteiger partial charge in [-0.3, -0.25) is 9.36 Å². The van der Waals surface area contributed by atoms with Crippen molar-refractivity contribution in [1.29, 1.82) is 0 Å². The van der Waals surface area contributed by atoms with E-state index < -0.39 is 0 Å². The molecule has 0 fully saturated rings. The van der Waals surface area contributed by atoms with Crippen LogP contribution in [0.1, 0.15) is 16.4 Å². The minimum atomic E-state index is -0.331. The van der Waals surface area contributed by atoms with Crippen molar-refractivity contribution in [3.05, 3.63) is 78.1 Å². The first-order valence-electron chi connectivity index (χ1n) is 8.09. The standard InChI is InChI=1S/C20H21N3OS/c1-15-8-7-11-17(14-15)23-13-12-21-20(23)25-18(19(24)22(2)3)16-9-5-4-6-10-16/h4-14,18H,1-3H3/t18-/m0/s1. The number of aryl methyl sites for hydroxylation is 1. The van der Waals surface area contributed by atoms with Gasteiger partial charge in [-0.2, -0.15) is 0 Å². The fourth-order valence-electron chi connectivity index (χ4n) is 2.58. The normalized spacial score (nSPS) is 12.0. The highest BCUT2D eigenvalue weighted by Crippen LogP contribution is 2.36. The van der Waals surface area contributed by atoms with Crippen LogP contribution in [0, 0.1) is 6.92 Å². The van der Waals surface area contributed by atoms with E-state index in [2.05, 4.69) is 24.0 Å². The number of carbonyl (C=O) groups is 1. The largest absolute Gasteiger partial charge is 0.348 e. The monoisotopic (exact) mass is 351 g/mol. The molecule has 1 amide bonds. The molecule has 3 aromatic rings. The Morgan fingerprint density at radius 2 is 1.88 bits per heavy atom. The second kappa shape index (κ2) is 7.57. The van der Waals surface area contributed by atoms with E-state index in [9.17, 15) is 4.79 Å². The fraction of sp³-hybridized carbons (Fsp3) is 0.200. The van der Waals surface area contributed by atoms with Crippen molar-refractivity contribution in [2.24, 2.45) is 0 Å². The molecule has 0 spiro atoms. The molecule has 0 N–H and O–H groups in total. The van der Waals surface area contributed by atoms with Crippen LogP contribution in [0.15, 0.2) is 72.1 Å². The summed E-state index contributed by atoms with van der Waals surface area (Å²) in [5.74, 6) is 0.0509. The molecule has 4 nitrogen and oxygen atoms in total. The molecule has 0 aliphatic rings. The van der Waals surface area contributed by atoms with Crippen molar-refractivity contribution in [3.8, 4) is 5.69 Å². The van der Waals surface area contributed by atoms with E-state index in [1.165, 1.54) is 17.3 Å². The maximum Gasteiger partial charge on any atom is 0.240 e. The molecule has 0 unspecified atom stereocenters. The van der Waals surface area contributed by atoms with Crippen molar-refractivity contribution in [2.75, 3.05) is 14.1 Å². The number of aromatic nitrogens is 2. The van der Waals surface area contributed by atoms with E-state index in [-0.39, 0.29) is 11.2 Å². The lowest BCUT2D eigenvalue weighted by atomic mass is 10.1. The molecule has 0 saturated carbocycles. The lowest BCUT2D eigenvalue weighted by molar-refractivity contribution is -0.128. The summed E-state index contributed by atoms with van der Waals surface area (Å²) in [4.78, 5) is 18.9. The Balaban J connectivity index is 1.96. The quantitative estimate of drug-likeness (QED) is 0.650. The van der Waals surface area contributed by atoms with Crippen molar-refractivity contribution in [2.45, 2.75) is 17.3 Å². The molecule has 0 bridgehead atoms. The number of imidazole rings is 1. The van der Waals surface area contributed by atoms with Gasteiger partial charge in [-0.25, -0.2) is 4.98 Å². The molecule has 0 saturated heterocycles. The maximum absolute atomic E-state index is 12.7. The topological polar surface area (TPSA) is 38.1 Å². The molecule has 25 heavy (non-hydrogen) atoms. The molecular formula is C20H21N3OS. The first-order chi connectivity index (χ1) is 12.1. The Morgan fingerprint density at radius 1 is 1.12 bits per heavy atom. The van der Waals surface area contributed by atoms with Crippen molar-refractivity contribution >= 4 is 17.7 Å². The van der Waals surface area contributed by atoms with Crippen LogP contribution in [-0.2, 0) is 4.79 Å². The molecule has 5 heteroatoms. The molecule has 0 radical (unpaired) electrons. The number of rotatable bonds is 5. The second-order valence-corrected chi connectivity index (χ2v) is 7.13. The van der Waals surface area contributed by atoms with E-state index >= 15 is 0 Å². The minimum Gasteiger partial charge on any atom is -0.348 e. The minimum absolute atomic E-state index is 0.0509. The Labute approximate surface area is 152 Å². The summed E-state index contributed by atoms with van der Waals surface area (Å²) in [6.07, 6.45) is 3.70. The Bertz CT molecular complexity index is 858. The molecule has 1 atom stereocenters. The lowest BCUT2D eigenvalue weighted by Gasteiger charge is -2.20. The molecule has 1 aromatic heterocycles. The molecule has 0 aliphatic heterocycles. The van der Waals surface area contributed by atoms with E-state index in [0.717, 1.165) is 16.4 Å². The zero-order valence-corrected chi connectivity index (χ0v) is 15.4. The molecular weight excluding hydrogens is 330 g/mol. The molecule has 3 rings (SSSR count). The van der Waals surface area contributed by atoms with Gasteiger partial charge in [0, 0.05) is 32.2 Å². The van der Waals surface area contributed by atoms with Gasteiger partial charge in [0.2, 0.25) is 5.91 Å². The van der Waals surface area contributed by atoms with Crippen LogP contribution in [0.3, 0.4) is 0 Å². The number of carbonyl (C=O) groups excluding carboxylic acids is 1. The predicted molar refractivity (Wildman–Crippen MR) is 102 cm³/mol. The first-order valence-corrected chi connectivity index (χ1v) is 8.97. The zero-order chi connectivity index (χ0) is 17.8. The zero-order valence-electron chi connectivity index (χ0n) is 14.6. The van der Waals surface area contributed by atoms with Gasteiger partial charge in [0.1, 0.15) is 5.25 Å². The van der Waals surface area contributed by atoms with Gasteiger partial charge in [-0.1, -0.05) is 54.2 Å². The van der Waals surface area contributed by atoms with E-state index in [4.69, 9.17) is 0 Å². The summed E-state index contributed by atoms with van der Waals surface area (Å²) >= 11 is 1.47. The fourth-order valence-corrected chi connectivity index (χ4v) is 3.80. The number of amides is 1. The van der Waals surface area contributed by atoms with E-state index in [0.29, 0.717) is 0 Å². The summed E-state index contributed by atoms with van der Waals surface area (Å²) < 4.78 is 2.02. The number of thioether (sulfide) groups is 1. The van der Waals surface area contributed by atoms with Crippen LogP contribution in [0.5, 0.6) is 0 Å². The third-order valence-corrected chi connectivity index (χ3v) is 5.10. The smallest absolute Gasteiger partial charge is 0.240 e. The van der Waals surface area contributed by atoms with Crippen molar-refractivity contribution in [3.63, 3.8) is 0 Å². The highest BCUT2D eigenvalue weighted by Gasteiger charge is 2.25. The van der Waals surface area contributed by atoms with Crippen LogP contribution >= 0.6 is 11.8 Å². The van der Waals surface area contributed by atoms with Gasteiger partial charge in [-0.15, -0.1) is 0 Å². The van der Waals surface area contributed by atoms with Crippen molar-refractivity contribution < 1.29 is 4.79 Å².